The number of ether oxygens (including phenoxy) is 2. The number of hydrogen-bond acceptors (Lipinski definition) is 5. The molecule has 0 radical (unpaired) electrons. The van der Waals surface area contributed by atoms with E-state index in [-0.39, 0.29) is 11.7 Å². The number of alkyl halides is 2. The van der Waals surface area contributed by atoms with E-state index in [0.29, 0.717) is 51.1 Å². The molecule has 2 N–H and O–H groups in total. The van der Waals surface area contributed by atoms with Crippen LogP contribution in [0.5, 0.6) is 5.75 Å². The number of aliphatic hydroxyl groups is 1. The summed E-state index contributed by atoms with van der Waals surface area (Å²) in [5, 5.41) is 13.9. The van der Waals surface area contributed by atoms with Gasteiger partial charge in [-0.3, -0.25) is 9.69 Å². The zero-order valence-corrected chi connectivity index (χ0v) is 16.3. The Morgan fingerprint density at radius 3 is 2.68 bits per heavy atom. The van der Waals surface area contributed by atoms with Crippen molar-refractivity contribution < 1.29 is 28.2 Å². The molecule has 3 rings (SSSR count). The Hall–Kier alpha value is -1.77. The largest absolute Gasteiger partial charge is 0.434 e. The van der Waals surface area contributed by atoms with Gasteiger partial charge in [0.05, 0.1) is 11.1 Å². The molecule has 28 heavy (non-hydrogen) atoms. The Morgan fingerprint density at radius 1 is 1.36 bits per heavy atom. The number of aliphatic hydroxyl groups excluding tert-OH is 1. The van der Waals surface area contributed by atoms with Crippen molar-refractivity contribution in [1.29, 1.82) is 0 Å². The summed E-state index contributed by atoms with van der Waals surface area (Å²) in [4.78, 5) is 13.7. The van der Waals surface area contributed by atoms with Gasteiger partial charge in [0.1, 0.15) is 11.9 Å². The van der Waals surface area contributed by atoms with Gasteiger partial charge in [0.25, 0.3) is 0 Å². The van der Waals surface area contributed by atoms with Gasteiger partial charge in [0.2, 0.25) is 5.91 Å². The number of piperidine rings is 1. The van der Waals surface area contributed by atoms with Gasteiger partial charge in [0.15, 0.2) is 0 Å². The smallest absolute Gasteiger partial charge is 0.387 e. The van der Waals surface area contributed by atoms with Crippen molar-refractivity contribution in [3.63, 3.8) is 0 Å². The molecule has 2 aliphatic heterocycles. The van der Waals surface area contributed by atoms with Crippen LogP contribution in [0.2, 0.25) is 0 Å². The fourth-order valence-electron chi connectivity index (χ4n) is 4.39. The highest BCUT2D eigenvalue weighted by atomic mass is 19.3. The van der Waals surface area contributed by atoms with Crippen LogP contribution in [0.4, 0.5) is 8.78 Å². The molecule has 2 aliphatic rings. The van der Waals surface area contributed by atoms with Crippen molar-refractivity contribution >= 4 is 5.91 Å². The first-order valence-corrected chi connectivity index (χ1v) is 9.60. The van der Waals surface area contributed by atoms with Crippen LogP contribution in [0.15, 0.2) is 24.3 Å². The van der Waals surface area contributed by atoms with Crippen LogP contribution in [0.3, 0.4) is 0 Å². The summed E-state index contributed by atoms with van der Waals surface area (Å²) in [6, 6.07) is 6.79. The molecular weight excluding hydrogens is 370 g/mol. The summed E-state index contributed by atoms with van der Waals surface area (Å²) in [6.45, 7) is 2.70. The number of likely N-dealkylation sites (tertiary alicyclic amines) is 1. The van der Waals surface area contributed by atoms with Crippen LogP contribution < -0.4 is 10.1 Å². The van der Waals surface area contributed by atoms with E-state index in [2.05, 4.69) is 15.0 Å². The summed E-state index contributed by atoms with van der Waals surface area (Å²) in [6.07, 6.45) is 0.939. The molecule has 1 spiro atoms. The van der Waals surface area contributed by atoms with Gasteiger partial charge in [0, 0.05) is 38.7 Å². The topological polar surface area (TPSA) is 71.0 Å². The quantitative estimate of drug-likeness (QED) is 0.797. The SMILES string of the molecule is CC(=O)N[C@@]1(C)CCOC2(CCN(Cc3ccccc3OC(F)F)CC2)[C@@H]1O. The zero-order valence-electron chi connectivity index (χ0n) is 16.3. The summed E-state index contributed by atoms with van der Waals surface area (Å²) in [5.41, 5.74) is -0.721. The third-order valence-electron chi connectivity index (χ3n) is 5.86. The maximum atomic E-state index is 12.6. The highest BCUT2D eigenvalue weighted by molar-refractivity contribution is 5.74. The Morgan fingerprint density at radius 2 is 2.04 bits per heavy atom. The normalized spacial score (nSPS) is 27.7. The summed E-state index contributed by atoms with van der Waals surface area (Å²) in [7, 11) is 0. The van der Waals surface area contributed by atoms with E-state index in [4.69, 9.17) is 4.74 Å². The van der Waals surface area contributed by atoms with E-state index in [0.717, 1.165) is 0 Å². The molecule has 1 aromatic rings. The average molecular weight is 398 g/mol. The monoisotopic (exact) mass is 398 g/mol. The third-order valence-corrected chi connectivity index (χ3v) is 5.86. The lowest BCUT2D eigenvalue weighted by Gasteiger charge is -2.53. The first-order chi connectivity index (χ1) is 13.2. The Bertz CT molecular complexity index is 695. The van der Waals surface area contributed by atoms with Crippen molar-refractivity contribution in [3.8, 4) is 5.75 Å². The molecule has 0 aromatic heterocycles. The lowest BCUT2D eigenvalue weighted by molar-refractivity contribution is -0.208. The van der Waals surface area contributed by atoms with Crippen LogP contribution >= 0.6 is 0 Å². The summed E-state index contributed by atoms with van der Waals surface area (Å²) < 4.78 is 35.9. The third kappa shape index (κ3) is 4.45. The molecular formula is C20H28F2N2O4. The minimum absolute atomic E-state index is 0.174. The lowest BCUT2D eigenvalue weighted by atomic mass is 9.73. The highest BCUT2D eigenvalue weighted by Gasteiger charge is 2.53. The maximum absolute atomic E-state index is 12.6. The van der Waals surface area contributed by atoms with E-state index in [9.17, 15) is 18.7 Å². The molecule has 2 atom stereocenters. The van der Waals surface area contributed by atoms with Crippen molar-refractivity contribution in [2.75, 3.05) is 19.7 Å². The average Bonchev–Trinajstić information content (AvgIpc) is 2.62. The Labute approximate surface area is 163 Å². The van der Waals surface area contributed by atoms with Crippen LogP contribution in [-0.4, -0.2) is 59.5 Å². The molecule has 0 saturated carbocycles. The molecule has 2 fully saturated rings. The molecule has 0 bridgehead atoms. The van der Waals surface area contributed by atoms with Gasteiger partial charge in [-0.2, -0.15) is 8.78 Å². The fourth-order valence-corrected chi connectivity index (χ4v) is 4.39. The molecule has 2 heterocycles. The standard InChI is InChI=1S/C20H28F2N2O4/c1-14(25)23-19(2)9-12-27-20(17(19)26)7-10-24(11-8-20)13-15-5-3-4-6-16(15)28-18(21)22/h3-6,17-18,26H,7-13H2,1-2H3,(H,23,25)/t17-,19+/m1/s1. The molecule has 8 heteroatoms. The Balaban J connectivity index is 1.65. The molecule has 0 unspecified atom stereocenters. The number of halogens is 2. The maximum Gasteiger partial charge on any atom is 0.387 e. The zero-order chi connectivity index (χ0) is 20.4. The van der Waals surface area contributed by atoms with Crippen LogP contribution in [0.25, 0.3) is 0 Å². The van der Waals surface area contributed by atoms with E-state index in [1.807, 2.05) is 6.92 Å². The predicted octanol–water partition coefficient (Wildman–Crippen LogP) is 2.30. The van der Waals surface area contributed by atoms with E-state index in [1.54, 1.807) is 24.3 Å². The second-order valence-electron chi connectivity index (χ2n) is 7.93. The molecule has 1 aromatic carbocycles. The van der Waals surface area contributed by atoms with Crippen LogP contribution in [-0.2, 0) is 16.1 Å². The van der Waals surface area contributed by atoms with E-state index < -0.39 is 23.9 Å². The summed E-state index contributed by atoms with van der Waals surface area (Å²) >= 11 is 0. The summed E-state index contributed by atoms with van der Waals surface area (Å²) in [5.74, 6) is 0.0108. The first-order valence-electron chi connectivity index (χ1n) is 9.60. The second-order valence-corrected chi connectivity index (χ2v) is 7.93. The van der Waals surface area contributed by atoms with E-state index in [1.165, 1.54) is 6.92 Å². The molecule has 0 aliphatic carbocycles. The second kappa shape index (κ2) is 8.31. The van der Waals surface area contributed by atoms with Gasteiger partial charge < -0.3 is 19.9 Å². The number of benzene rings is 1. The number of carbonyl (C=O) groups is 1. The number of carbonyl (C=O) groups excluding carboxylic acids is 1. The molecule has 6 nitrogen and oxygen atoms in total. The molecule has 1 amide bonds. The van der Waals surface area contributed by atoms with Crippen LogP contribution in [0.1, 0.15) is 38.7 Å². The van der Waals surface area contributed by atoms with Gasteiger partial charge in [-0.15, -0.1) is 0 Å². The van der Waals surface area contributed by atoms with Crippen molar-refractivity contribution in [3.05, 3.63) is 29.8 Å². The van der Waals surface area contributed by atoms with Gasteiger partial charge >= 0.3 is 6.61 Å². The number of nitrogens with one attached hydrogen (secondary N) is 1. The van der Waals surface area contributed by atoms with Crippen LogP contribution in [0, 0.1) is 0 Å². The van der Waals surface area contributed by atoms with Gasteiger partial charge in [-0.1, -0.05) is 18.2 Å². The molecule has 2 saturated heterocycles. The van der Waals surface area contributed by atoms with Crippen molar-refractivity contribution in [2.24, 2.45) is 0 Å². The number of amides is 1. The number of rotatable bonds is 5. The van der Waals surface area contributed by atoms with E-state index >= 15 is 0 Å². The number of para-hydroxylation sites is 1. The predicted molar refractivity (Wildman–Crippen MR) is 99.1 cm³/mol. The number of nitrogens with zero attached hydrogens (tertiary/aromatic N) is 1. The highest BCUT2D eigenvalue weighted by Crippen LogP contribution is 2.40. The minimum Gasteiger partial charge on any atom is -0.434 e. The van der Waals surface area contributed by atoms with Crippen molar-refractivity contribution in [2.45, 2.75) is 63.5 Å². The van der Waals surface area contributed by atoms with Crippen molar-refractivity contribution in [1.82, 2.24) is 10.2 Å². The fraction of sp³-hybridized carbons (Fsp3) is 0.650. The number of hydrogen-bond donors (Lipinski definition) is 2. The van der Waals surface area contributed by atoms with Gasteiger partial charge in [-0.25, -0.2) is 0 Å². The lowest BCUT2D eigenvalue weighted by Crippen LogP contribution is -2.69. The van der Waals surface area contributed by atoms with Gasteiger partial charge in [-0.05, 0) is 32.3 Å². The first kappa shape index (κ1) is 21.0. The Kier molecular flexibility index (Phi) is 6.21. The molecule has 156 valence electrons. The minimum atomic E-state index is -2.86.